The van der Waals surface area contributed by atoms with Gasteiger partial charge in [0.05, 0.1) is 16.8 Å². The van der Waals surface area contributed by atoms with Gasteiger partial charge >= 0.3 is 11.6 Å². The Morgan fingerprint density at radius 1 is 0.964 bits per heavy atom. The molecule has 28 heavy (non-hydrogen) atoms. The molecule has 0 N–H and O–H groups in total. The number of aromatic nitrogens is 2. The second kappa shape index (κ2) is 7.08. The predicted molar refractivity (Wildman–Crippen MR) is 104 cm³/mol. The first-order chi connectivity index (χ1) is 13.5. The van der Waals surface area contributed by atoms with Crippen LogP contribution in [0.25, 0.3) is 22.2 Å². The SMILES string of the molecule is Cc1cc(-c2cc3ccc(OC(=O)c4ccccc4)cc3oc2=O)nc(C)n1. The summed E-state index contributed by atoms with van der Waals surface area (Å²) in [5.74, 6) is 0.398. The second-order valence-electron chi connectivity index (χ2n) is 6.34. The third-order valence-corrected chi connectivity index (χ3v) is 4.17. The van der Waals surface area contributed by atoms with Crippen molar-refractivity contribution >= 4 is 16.9 Å². The Hall–Kier alpha value is -3.80. The van der Waals surface area contributed by atoms with Crippen molar-refractivity contribution < 1.29 is 13.9 Å². The van der Waals surface area contributed by atoms with Gasteiger partial charge in [-0.2, -0.15) is 0 Å². The van der Waals surface area contributed by atoms with Crippen LogP contribution in [-0.2, 0) is 0 Å². The van der Waals surface area contributed by atoms with E-state index in [-0.39, 0.29) is 0 Å². The molecule has 2 heterocycles. The molecule has 0 spiro atoms. The zero-order valence-corrected chi connectivity index (χ0v) is 15.3. The van der Waals surface area contributed by atoms with Gasteiger partial charge in [0, 0.05) is 17.1 Å². The number of nitrogens with zero attached hydrogens (tertiary/aromatic N) is 2. The maximum absolute atomic E-state index is 12.5. The summed E-state index contributed by atoms with van der Waals surface area (Å²) in [7, 11) is 0. The molecule has 6 nitrogen and oxygen atoms in total. The Kier molecular flexibility index (Phi) is 4.45. The third kappa shape index (κ3) is 3.53. The molecule has 0 amide bonds. The topological polar surface area (TPSA) is 82.3 Å². The number of rotatable bonds is 3. The smallest absolute Gasteiger partial charge is 0.345 e. The van der Waals surface area contributed by atoms with Crippen molar-refractivity contribution in [3.8, 4) is 17.0 Å². The number of esters is 1. The number of carbonyl (C=O) groups excluding carboxylic acids is 1. The number of hydrogen-bond acceptors (Lipinski definition) is 6. The highest BCUT2D eigenvalue weighted by Crippen LogP contribution is 2.24. The van der Waals surface area contributed by atoms with Gasteiger partial charge in [-0.05, 0) is 50.2 Å². The lowest BCUT2D eigenvalue weighted by Crippen LogP contribution is -2.08. The van der Waals surface area contributed by atoms with Gasteiger partial charge in [-0.15, -0.1) is 0 Å². The largest absolute Gasteiger partial charge is 0.423 e. The van der Waals surface area contributed by atoms with Crippen molar-refractivity contribution in [3.05, 3.63) is 88.2 Å². The number of ether oxygens (including phenoxy) is 1. The summed E-state index contributed by atoms with van der Waals surface area (Å²) in [6.45, 7) is 3.61. The minimum absolute atomic E-state index is 0.297. The molecule has 0 aliphatic carbocycles. The van der Waals surface area contributed by atoms with E-state index in [4.69, 9.17) is 9.15 Å². The van der Waals surface area contributed by atoms with E-state index in [0.29, 0.717) is 39.4 Å². The Bertz CT molecular complexity index is 1230. The molecule has 0 radical (unpaired) electrons. The standard InChI is InChI=1S/C22H16N2O4/c1-13-10-19(24-14(2)23-13)18-11-16-8-9-17(12-20(16)28-22(18)26)27-21(25)15-6-4-3-5-7-15/h3-12H,1-2H3. The molecule has 4 rings (SSSR count). The molecule has 0 bridgehead atoms. The van der Waals surface area contributed by atoms with Gasteiger partial charge in [-0.25, -0.2) is 19.6 Å². The molecular formula is C22H16N2O4. The summed E-state index contributed by atoms with van der Waals surface area (Å²) in [6, 6.07) is 17.0. The van der Waals surface area contributed by atoms with E-state index < -0.39 is 11.6 Å². The number of fused-ring (bicyclic) bond motifs is 1. The van der Waals surface area contributed by atoms with E-state index in [1.165, 1.54) is 6.07 Å². The highest BCUT2D eigenvalue weighted by molar-refractivity contribution is 5.91. The number of carbonyl (C=O) groups is 1. The van der Waals surface area contributed by atoms with E-state index in [1.807, 2.05) is 13.0 Å². The number of benzene rings is 2. The molecule has 0 fully saturated rings. The van der Waals surface area contributed by atoms with Gasteiger partial charge in [0.1, 0.15) is 17.2 Å². The summed E-state index contributed by atoms with van der Waals surface area (Å²) >= 11 is 0. The lowest BCUT2D eigenvalue weighted by atomic mass is 10.1. The first kappa shape index (κ1) is 17.6. The Morgan fingerprint density at radius 2 is 1.75 bits per heavy atom. The summed E-state index contributed by atoms with van der Waals surface area (Å²) in [5, 5.41) is 0.697. The molecule has 0 saturated carbocycles. The second-order valence-corrected chi connectivity index (χ2v) is 6.34. The van der Waals surface area contributed by atoms with Gasteiger partial charge in [-0.3, -0.25) is 0 Å². The Labute approximate surface area is 160 Å². The van der Waals surface area contributed by atoms with Gasteiger partial charge in [-0.1, -0.05) is 18.2 Å². The summed E-state index contributed by atoms with van der Waals surface area (Å²) < 4.78 is 10.8. The van der Waals surface area contributed by atoms with Crippen molar-refractivity contribution in [2.75, 3.05) is 0 Å². The van der Waals surface area contributed by atoms with Gasteiger partial charge in [0.25, 0.3) is 0 Å². The molecule has 4 aromatic rings. The molecule has 2 aromatic carbocycles. The van der Waals surface area contributed by atoms with E-state index in [9.17, 15) is 9.59 Å². The maximum atomic E-state index is 12.5. The van der Waals surface area contributed by atoms with Gasteiger partial charge in [0.2, 0.25) is 0 Å². The van der Waals surface area contributed by atoms with Crippen LogP contribution < -0.4 is 10.4 Å². The van der Waals surface area contributed by atoms with E-state index >= 15 is 0 Å². The number of aryl methyl sites for hydroxylation is 2. The van der Waals surface area contributed by atoms with Gasteiger partial charge < -0.3 is 9.15 Å². The van der Waals surface area contributed by atoms with Crippen molar-refractivity contribution in [3.63, 3.8) is 0 Å². The Morgan fingerprint density at radius 3 is 2.50 bits per heavy atom. The quantitative estimate of drug-likeness (QED) is 0.306. The zero-order valence-electron chi connectivity index (χ0n) is 15.3. The summed E-state index contributed by atoms with van der Waals surface area (Å²) in [5.41, 5.74) is 1.89. The Balaban J connectivity index is 1.70. The summed E-state index contributed by atoms with van der Waals surface area (Å²) in [4.78, 5) is 33.2. The van der Waals surface area contributed by atoms with Gasteiger partial charge in [0.15, 0.2) is 0 Å². The maximum Gasteiger partial charge on any atom is 0.345 e. The van der Waals surface area contributed by atoms with Crippen LogP contribution in [0.5, 0.6) is 5.75 Å². The monoisotopic (exact) mass is 372 g/mol. The summed E-state index contributed by atoms with van der Waals surface area (Å²) in [6.07, 6.45) is 0. The van der Waals surface area contributed by atoms with Crippen LogP contribution >= 0.6 is 0 Å². The van der Waals surface area contributed by atoms with Crippen molar-refractivity contribution in [2.45, 2.75) is 13.8 Å². The molecule has 0 aliphatic rings. The first-order valence-corrected chi connectivity index (χ1v) is 8.67. The van der Waals surface area contributed by atoms with Crippen LogP contribution in [0.1, 0.15) is 21.9 Å². The lowest BCUT2D eigenvalue weighted by molar-refractivity contribution is 0.0735. The highest BCUT2D eigenvalue weighted by atomic mass is 16.5. The highest BCUT2D eigenvalue weighted by Gasteiger charge is 2.13. The molecule has 0 aliphatic heterocycles. The van der Waals surface area contributed by atoms with E-state index in [1.54, 1.807) is 55.5 Å². The molecule has 138 valence electrons. The lowest BCUT2D eigenvalue weighted by Gasteiger charge is -2.07. The fourth-order valence-corrected chi connectivity index (χ4v) is 2.93. The molecule has 0 saturated heterocycles. The van der Waals surface area contributed by atoms with Crippen LogP contribution in [-0.4, -0.2) is 15.9 Å². The van der Waals surface area contributed by atoms with Crippen LogP contribution in [0, 0.1) is 13.8 Å². The first-order valence-electron chi connectivity index (χ1n) is 8.67. The minimum atomic E-state index is -0.517. The van der Waals surface area contributed by atoms with Crippen LogP contribution in [0.4, 0.5) is 0 Å². The number of hydrogen-bond donors (Lipinski definition) is 0. The fourth-order valence-electron chi connectivity index (χ4n) is 2.93. The van der Waals surface area contributed by atoms with Crippen molar-refractivity contribution in [1.82, 2.24) is 9.97 Å². The molecule has 6 heteroatoms. The van der Waals surface area contributed by atoms with E-state index in [2.05, 4.69) is 9.97 Å². The van der Waals surface area contributed by atoms with E-state index in [0.717, 1.165) is 5.69 Å². The molecule has 0 unspecified atom stereocenters. The minimum Gasteiger partial charge on any atom is -0.423 e. The fraction of sp³-hybridized carbons (Fsp3) is 0.0909. The molecule has 2 aromatic heterocycles. The van der Waals surface area contributed by atoms with Crippen molar-refractivity contribution in [1.29, 1.82) is 0 Å². The van der Waals surface area contributed by atoms with Crippen LogP contribution in [0.15, 0.2) is 69.9 Å². The zero-order chi connectivity index (χ0) is 19.7. The van der Waals surface area contributed by atoms with Crippen LogP contribution in [0.3, 0.4) is 0 Å². The molecule has 0 atom stereocenters. The predicted octanol–water partition coefficient (Wildman–Crippen LogP) is 4.09. The van der Waals surface area contributed by atoms with Crippen molar-refractivity contribution in [2.24, 2.45) is 0 Å². The normalized spacial score (nSPS) is 10.8. The molecular weight excluding hydrogens is 356 g/mol. The van der Waals surface area contributed by atoms with Crippen LogP contribution in [0.2, 0.25) is 0 Å². The third-order valence-electron chi connectivity index (χ3n) is 4.17. The average Bonchev–Trinajstić information content (AvgIpc) is 2.67. The average molecular weight is 372 g/mol.